The van der Waals surface area contributed by atoms with Gasteiger partial charge in [0.2, 0.25) is 0 Å². The number of carbonyl (C=O) groups is 1. The van der Waals surface area contributed by atoms with Crippen LogP contribution >= 0.6 is 0 Å². The molecule has 5 rings (SSSR count). The van der Waals surface area contributed by atoms with Gasteiger partial charge in [-0.25, -0.2) is 14.3 Å². The number of methoxy groups -OCH3 is 1. The standard InChI is InChI=1S/C26H26N4O3/c1-3-33-21-16-20(25(31)32-2)29-30-23(18-8-5-4-6-9-18)22(28-24(21)30)17-10-12-19(13-11-17)26(27)14-7-15-26/h4-6,8-13,16H,3,7,14-15,27H2,1-2H3. The summed E-state index contributed by atoms with van der Waals surface area (Å²) in [6.45, 7) is 2.31. The normalized spacial score (nSPS) is 14.6. The average molecular weight is 443 g/mol. The van der Waals surface area contributed by atoms with E-state index < -0.39 is 5.97 Å². The molecule has 7 nitrogen and oxygen atoms in total. The summed E-state index contributed by atoms with van der Waals surface area (Å²) in [5.41, 5.74) is 11.5. The van der Waals surface area contributed by atoms with Crippen LogP contribution in [0.2, 0.25) is 0 Å². The molecule has 2 N–H and O–H groups in total. The summed E-state index contributed by atoms with van der Waals surface area (Å²) in [6, 6.07) is 19.7. The number of nitrogens with two attached hydrogens (primary N) is 1. The highest BCUT2D eigenvalue weighted by Crippen LogP contribution is 2.40. The number of fused-ring (bicyclic) bond motifs is 1. The summed E-state index contributed by atoms with van der Waals surface area (Å²) in [4.78, 5) is 17.2. The van der Waals surface area contributed by atoms with E-state index in [-0.39, 0.29) is 11.2 Å². The number of nitrogens with zero attached hydrogens (tertiary/aromatic N) is 3. The van der Waals surface area contributed by atoms with Crippen LogP contribution in [0.1, 0.15) is 42.2 Å². The first kappa shape index (κ1) is 21.2. The third-order valence-corrected chi connectivity index (χ3v) is 6.27. The van der Waals surface area contributed by atoms with Crippen LogP contribution in [0.4, 0.5) is 0 Å². The minimum Gasteiger partial charge on any atom is -0.490 e. The molecule has 2 heterocycles. The van der Waals surface area contributed by atoms with E-state index in [0.717, 1.165) is 47.3 Å². The number of rotatable bonds is 6. The van der Waals surface area contributed by atoms with Crippen LogP contribution in [0.5, 0.6) is 5.75 Å². The number of ether oxygens (including phenoxy) is 2. The van der Waals surface area contributed by atoms with E-state index in [1.165, 1.54) is 7.11 Å². The molecule has 2 aromatic carbocycles. The maximum Gasteiger partial charge on any atom is 0.358 e. The van der Waals surface area contributed by atoms with Crippen LogP contribution in [-0.2, 0) is 10.3 Å². The van der Waals surface area contributed by atoms with Crippen molar-refractivity contribution in [1.29, 1.82) is 0 Å². The number of hydrogen-bond donors (Lipinski definition) is 1. The topological polar surface area (TPSA) is 91.7 Å². The van der Waals surface area contributed by atoms with Gasteiger partial charge in [0.1, 0.15) is 5.69 Å². The van der Waals surface area contributed by atoms with Gasteiger partial charge in [0.05, 0.1) is 19.4 Å². The minimum absolute atomic E-state index is 0.153. The quantitative estimate of drug-likeness (QED) is 0.439. The number of benzene rings is 2. The van der Waals surface area contributed by atoms with Crippen molar-refractivity contribution < 1.29 is 14.3 Å². The number of imidazole rings is 1. The van der Waals surface area contributed by atoms with Crippen molar-refractivity contribution >= 4 is 11.6 Å². The smallest absolute Gasteiger partial charge is 0.358 e. The molecule has 2 aromatic heterocycles. The van der Waals surface area contributed by atoms with Crippen LogP contribution in [0, 0.1) is 0 Å². The fourth-order valence-electron chi connectivity index (χ4n) is 4.32. The van der Waals surface area contributed by atoms with Crippen molar-refractivity contribution in [3.05, 3.63) is 71.9 Å². The lowest BCUT2D eigenvalue weighted by Gasteiger charge is -2.38. The van der Waals surface area contributed by atoms with Crippen molar-refractivity contribution in [2.75, 3.05) is 13.7 Å². The molecule has 0 aliphatic heterocycles. The van der Waals surface area contributed by atoms with Crippen molar-refractivity contribution in [3.63, 3.8) is 0 Å². The molecular formula is C26H26N4O3. The Morgan fingerprint density at radius 2 is 1.82 bits per heavy atom. The Kier molecular flexibility index (Phi) is 5.34. The lowest BCUT2D eigenvalue weighted by molar-refractivity contribution is 0.0591. The van der Waals surface area contributed by atoms with E-state index in [2.05, 4.69) is 29.4 Å². The summed E-state index contributed by atoms with van der Waals surface area (Å²) in [5, 5.41) is 4.57. The molecule has 33 heavy (non-hydrogen) atoms. The third kappa shape index (κ3) is 3.64. The Labute approximate surface area is 192 Å². The van der Waals surface area contributed by atoms with E-state index >= 15 is 0 Å². The van der Waals surface area contributed by atoms with E-state index in [0.29, 0.717) is 18.0 Å². The molecular weight excluding hydrogens is 416 g/mol. The lowest BCUT2D eigenvalue weighted by Crippen LogP contribution is -2.43. The van der Waals surface area contributed by atoms with E-state index in [9.17, 15) is 4.79 Å². The molecule has 1 fully saturated rings. The van der Waals surface area contributed by atoms with Gasteiger partial charge in [-0.15, -0.1) is 0 Å². The van der Waals surface area contributed by atoms with Gasteiger partial charge in [-0.1, -0.05) is 54.6 Å². The Morgan fingerprint density at radius 1 is 1.09 bits per heavy atom. The fraction of sp³-hybridized carbons (Fsp3) is 0.269. The van der Waals surface area contributed by atoms with Gasteiger partial charge in [-0.05, 0) is 31.7 Å². The van der Waals surface area contributed by atoms with Crippen LogP contribution in [-0.4, -0.2) is 34.3 Å². The van der Waals surface area contributed by atoms with Crippen LogP contribution in [0.3, 0.4) is 0 Å². The highest BCUT2D eigenvalue weighted by atomic mass is 16.5. The first-order chi connectivity index (χ1) is 16.0. The average Bonchev–Trinajstić information content (AvgIpc) is 3.22. The zero-order chi connectivity index (χ0) is 23.0. The number of aromatic nitrogens is 3. The molecule has 0 saturated heterocycles. The van der Waals surface area contributed by atoms with Gasteiger partial charge in [0, 0.05) is 22.7 Å². The fourth-order valence-corrected chi connectivity index (χ4v) is 4.32. The predicted octanol–water partition coefficient (Wildman–Crippen LogP) is 4.59. The van der Waals surface area contributed by atoms with Crippen LogP contribution < -0.4 is 10.5 Å². The Hall–Kier alpha value is -3.71. The first-order valence-corrected chi connectivity index (χ1v) is 11.1. The lowest BCUT2D eigenvalue weighted by atomic mass is 9.72. The summed E-state index contributed by atoms with van der Waals surface area (Å²) in [5.74, 6) is -0.0615. The maximum absolute atomic E-state index is 12.3. The Bertz CT molecular complexity index is 1310. The SMILES string of the molecule is CCOc1cc(C(=O)OC)nn2c(-c3ccccc3)c(-c3ccc(C4(N)CCC4)cc3)nc12. The zero-order valence-corrected chi connectivity index (χ0v) is 18.7. The predicted molar refractivity (Wildman–Crippen MR) is 126 cm³/mol. The molecule has 0 atom stereocenters. The van der Waals surface area contributed by atoms with Crippen molar-refractivity contribution in [1.82, 2.24) is 14.6 Å². The van der Waals surface area contributed by atoms with Crippen molar-refractivity contribution in [2.45, 2.75) is 31.7 Å². The molecule has 0 radical (unpaired) electrons. The van der Waals surface area contributed by atoms with Crippen molar-refractivity contribution in [3.8, 4) is 28.3 Å². The summed E-state index contributed by atoms with van der Waals surface area (Å²) in [7, 11) is 1.33. The second-order valence-electron chi connectivity index (χ2n) is 8.32. The molecule has 4 aromatic rings. The highest BCUT2D eigenvalue weighted by molar-refractivity contribution is 5.89. The Morgan fingerprint density at radius 3 is 2.42 bits per heavy atom. The van der Waals surface area contributed by atoms with Gasteiger partial charge >= 0.3 is 5.97 Å². The van der Waals surface area contributed by atoms with E-state index in [1.54, 1.807) is 10.6 Å². The molecule has 0 amide bonds. The van der Waals surface area contributed by atoms with Gasteiger partial charge in [-0.3, -0.25) is 0 Å². The van der Waals surface area contributed by atoms with E-state index in [4.69, 9.17) is 20.2 Å². The summed E-state index contributed by atoms with van der Waals surface area (Å²) >= 11 is 0. The molecule has 7 heteroatoms. The largest absolute Gasteiger partial charge is 0.490 e. The molecule has 0 spiro atoms. The van der Waals surface area contributed by atoms with Gasteiger partial charge in [0.25, 0.3) is 0 Å². The van der Waals surface area contributed by atoms with Gasteiger partial charge < -0.3 is 15.2 Å². The maximum atomic E-state index is 12.3. The zero-order valence-electron chi connectivity index (χ0n) is 18.7. The highest BCUT2D eigenvalue weighted by Gasteiger charge is 2.34. The molecule has 168 valence electrons. The molecule has 1 aliphatic rings. The van der Waals surface area contributed by atoms with Gasteiger partial charge in [0.15, 0.2) is 17.1 Å². The third-order valence-electron chi connectivity index (χ3n) is 6.27. The monoisotopic (exact) mass is 442 g/mol. The molecule has 1 aliphatic carbocycles. The molecule has 0 unspecified atom stereocenters. The van der Waals surface area contributed by atoms with Crippen LogP contribution in [0.25, 0.3) is 28.2 Å². The number of esters is 1. The molecule has 0 bridgehead atoms. The summed E-state index contributed by atoms with van der Waals surface area (Å²) in [6.07, 6.45) is 3.18. The second-order valence-corrected chi connectivity index (χ2v) is 8.32. The summed E-state index contributed by atoms with van der Waals surface area (Å²) < 4.78 is 12.4. The minimum atomic E-state index is -0.537. The number of hydrogen-bond acceptors (Lipinski definition) is 6. The Balaban J connectivity index is 1.74. The number of carbonyl (C=O) groups excluding carboxylic acids is 1. The van der Waals surface area contributed by atoms with E-state index in [1.807, 2.05) is 37.3 Å². The molecule has 1 saturated carbocycles. The van der Waals surface area contributed by atoms with Crippen molar-refractivity contribution in [2.24, 2.45) is 5.73 Å². The van der Waals surface area contributed by atoms with Crippen LogP contribution in [0.15, 0.2) is 60.7 Å². The van der Waals surface area contributed by atoms with Gasteiger partial charge in [-0.2, -0.15) is 5.10 Å². The first-order valence-electron chi connectivity index (χ1n) is 11.1. The second kappa shape index (κ2) is 8.33.